The SMILES string of the molecule is c1ccc(C2=NC(c3ccccc3)NC(c3cccc4c3sc3cccc(-c5cccc6c5sc5cccc(-n7c8ccccc8c8ccccc87)c56)c34)N2)cc1. The molecule has 12 rings (SSSR count). The second-order valence-electron chi connectivity index (χ2n) is 14.7. The van der Waals surface area contributed by atoms with E-state index in [4.69, 9.17) is 4.99 Å². The normalized spacial score (nSPS) is 15.9. The predicted molar refractivity (Wildman–Crippen MR) is 243 cm³/mol. The molecule has 2 atom stereocenters. The van der Waals surface area contributed by atoms with Crippen molar-refractivity contribution >= 4 is 90.7 Å². The molecule has 4 nitrogen and oxygen atoms in total. The minimum absolute atomic E-state index is 0.145. The largest absolute Gasteiger partial charge is 0.350 e. The molecule has 8 aromatic carbocycles. The summed E-state index contributed by atoms with van der Waals surface area (Å²) in [6.45, 7) is 0. The minimum Gasteiger partial charge on any atom is -0.350 e. The van der Waals surface area contributed by atoms with Gasteiger partial charge in [0.15, 0.2) is 0 Å². The van der Waals surface area contributed by atoms with Crippen LogP contribution in [0.3, 0.4) is 0 Å². The maximum atomic E-state index is 5.17. The number of nitrogens with zero attached hydrogens (tertiary/aromatic N) is 2. The summed E-state index contributed by atoms with van der Waals surface area (Å²) < 4.78 is 7.63. The van der Waals surface area contributed by atoms with Crippen LogP contribution in [0.1, 0.15) is 29.0 Å². The number of aliphatic imine (C=N–C) groups is 1. The second-order valence-corrected chi connectivity index (χ2v) is 16.8. The van der Waals surface area contributed by atoms with Crippen molar-refractivity contribution in [2.45, 2.75) is 12.3 Å². The van der Waals surface area contributed by atoms with Crippen LogP contribution in [0.15, 0.2) is 187 Å². The lowest BCUT2D eigenvalue weighted by atomic mass is 9.96. The molecule has 2 N–H and O–H groups in total. The number of thiophene rings is 2. The van der Waals surface area contributed by atoms with Crippen molar-refractivity contribution in [2.75, 3.05) is 0 Å². The highest BCUT2D eigenvalue weighted by Crippen LogP contribution is 2.48. The fourth-order valence-electron chi connectivity index (χ4n) is 9.00. The van der Waals surface area contributed by atoms with Crippen LogP contribution in [0.5, 0.6) is 0 Å². The standard InChI is InChI=1S/C51H34N4S2/c1-3-15-31(16-4-1)49-52-50(32-17-5-2-6-18-32)54-51(53-49)39-25-12-23-37-45-35(21-13-29-43(45)56-48(37)39)36-22-11-24-38-46-42(28-14-30-44(46)57-47(36)38)55-40-26-9-7-19-33(40)34-20-8-10-27-41(34)55/h1-30,49,51,53H,(H,52,54). The molecule has 0 radical (unpaired) electrons. The maximum absolute atomic E-state index is 5.17. The van der Waals surface area contributed by atoms with Gasteiger partial charge in [0, 0.05) is 67.8 Å². The first-order valence-electron chi connectivity index (χ1n) is 19.4. The maximum Gasteiger partial charge on any atom is 0.131 e. The number of aromatic nitrogens is 1. The third kappa shape index (κ3) is 5.12. The Balaban J connectivity index is 1.03. The number of nitrogens with one attached hydrogen (secondary N) is 2. The summed E-state index contributed by atoms with van der Waals surface area (Å²) >= 11 is 3.78. The first kappa shape index (κ1) is 32.7. The summed E-state index contributed by atoms with van der Waals surface area (Å²) in [6, 6.07) is 65.8. The van der Waals surface area contributed by atoms with Crippen LogP contribution >= 0.6 is 22.7 Å². The van der Waals surface area contributed by atoms with Crippen LogP contribution in [-0.4, -0.2) is 10.4 Å². The van der Waals surface area contributed by atoms with Crippen molar-refractivity contribution in [1.29, 1.82) is 0 Å². The highest BCUT2D eigenvalue weighted by molar-refractivity contribution is 7.27. The first-order chi connectivity index (χ1) is 28.3. The molecule has 0 saturated heterocycles. The van der Waals surface area contributed by atoms with Crippen LogP contribution in [0.4, 0.5) is 0 Å². The van der Waals surface area contributed by atoms with Crippen LogP contribution in [-0.2, 0) is 0 Å². The lowest BCUT2D eigenvalue weighted by Gasteiger charge is -2.32. The van der Waals surface area contributed by atoms with Gasteiger partial charge < -0.3 is 9.88 Å². The van der Waals surface area contributed by atoms with E-state index in [1.807, 2.05) is 22.7 Å². The van der Waals surface area contributed by atoms with Gasteiger partial charge in [-0.05, 0) is 41.5 Å². The van der Waals surface area contributed by atoms with Gasteiger partial charge >= 0.3 is 0 Å². The van der Waals surface area contributed by atoms with Crippen molar-refractivity contribution in [1.82, 2.24) is 15.2 Å². The van der Waals surface area contributed by atoms with Crippen molar-refractivity contribution in [2.24, 2.45) is 4.99 Å². The zero-order chi connectivity index (χ0) is 37.5. The van der Waals surface area contributed by atoms with Gasteiger partial charge in [-0.25, -0.2) is 4.99 Å². The van der Waals surface area contributed by atoms with Crippen LogP contribution in [0.25, 0.3) is 79.0 Å². The van der Waals surface area contributed by atoms with Gasteiger partial charge in [-0.3, -0.25) is 5.32 Å². The molecule has 3 aromatic heterocycles. The molecule has 0 amide bonds. The fraction of sp³-hybridized carbons (Fsp3) is 0.0392. The quantitative estimate of drug-likeness (QED) is 0.183. The molecule has 0 bridgehead atoms. The molecule has 4 heterocycles. The van der Waals surface area contributed by atoms with Gasteiger partial charge in [0.1, 0.15) is 18.2 Å². The predicted octanol–water partition coefficient (Wildman–Crippen LogP) is 13.5. The van der Waals surface area contributed by atoms with E-state index in [9.17, 15) is 0 Å². The van der Waals surface area contributed by atoms with E-state index < -0.39 is 0 Å². The summed E-state index contributed by atoms with van der Waals surface area (Å²) in [5.74, 6) is 0.892. The van der Waals surface area contributed by atoms with E-state index in [2.05, 4.69) is 197 Å². The molecular formula is C51H34N4S2. The lowest BCUT2D eigenvalue weighted by molar-refractivity contribution is 0.411. The van der Waals surface area contributed by atoms with Crippen LogP contribution in [0, 0.1) is 0 Å². The third-order valence-corrected chi connectivity index (χ3v) is 13.9. The van der Waals surface area contributed by atoms with E-state index in [1.165, 1.54) is 84.5 Å². The summed E-state index contributed by atoms with van der Waals surface area (Å²) in [6.07, 6.45) is -0.334. The third-order valence-electron chi connectivity index (χ3n) is 11.5. The molecule has 0 saturated carbocycles. The summed E-state index contributed by atoms with van der Waals surface area (Å²) in [4.78, 5) is 5.17. The molecule has 1 aliphatic rings. The highest BCUT2D eigenvalue weighted by Gasteiger charge is 2.28. The van der Waals surface area contributed by atoms with Gasteiger partial charge in [0.05, 0.1) is 16.7 Å². The molecule has 11 aromatic rings. The van der Waals surface area contributed by atoms with E-state index in [0.29, 0.717) is 0 Å². The fourth-order valence-corrected chi connectivity index (χ4v) is 11.5. The zero-order valence-corrected chi connectivity index (χ0v) is 32.3. The van der Waals surface area contributed by atoms with Gasteiger partial charge in [0.25, 0.3) is 0 Å². The molecule has 2 unspecified atom stereocenters. The van der Waals surface area contributed by atoms with E-state index in [0.717, 1.165) is 17.0 Å². The number of rotatable bonds is 5. The average molecular weight is 767 g/mol. The average Bonchev–Trinajstić information content (AvgIpc) is 3.97. The lowest BCUT2D eigenvalue weighted by Crippen LogP contribution is -2.45. The number of amidine groups is 1. The van der Waals surface area contributed by atoms with Crippen LogP contribution < -0.4 is 10.6 Å². The van der Waals surface area contributed by atoms with Gasteiger partial charge in [-0.1, -0.05) is 152 Å². The molecule has 57 heavy (non-hydrogen) atoms. The number of fused-ring (bicyclic) bond motifs is 9. The van der Waals surface area contributed by atoms with Gasteiger partial charge in [-0.2, -0.15) is 0 Å². The highest BCUT2D eigenvalue weighted by atomic mass is 32.1. The van der Waals surface area contributed by atoms with Gasteiger partial charge in [0.2, 0.25) is 0 Å². The van der Waals surface area contributed by atoms with Crippen molar-refractivity contribution in [3.63, 3.8) is 0 Å². The van der Waals surface area contributed by atoms with Crippen LogP contribution in [0.2, 0.25) is 0 Å². The summed E-state index contributed by atoms with van der Waals surface area (Å²) in [5.41, 5.74) is 9.65. The zero-order valence-electron chi connectivity index (χ0n) is 30.7. The smallest absolute Gasteiger partial charge is 0.131 e. The summed E-state index contributed by atoms with van der Waals surface area (Å²) in [7, 11) is 0. The number of benzene rings is 8. The first-order valence-corrected chi connectivity index (χ1v) is 21.0. The molecule has 270 valence electrons. The Morgan fingerprint density at radius 1 is 0.474 bits per heavy atom. The number of hydrogen-bond donors (Lipinski definition) is 2. The molecule has 0 spiro atoms. The Morgan fingerprint density at radius 2 is 1.05 bits per heavy atom. The number of hydrogen-bond acceptors (Lipinski definition) is 5. The minimum atomic E-state index is -0.189. The molecule has 1 aliphatic heterocycles. The molecular weight excluding hydrogens is 733 g/mol. The monoisotopic (exact) mass is 766 g/mol. The van der Waals surface area contributed by atoms with E-state index in [-0.39, 0.29) is 12.3 Å². The van der Waals surface area contributed by atoms with E-state index in [1.54, 1.807) is 0 Å². The Hall–Kier alpha value is -6.57. The van der Waals surface area contributed by atoms with Crippen molar-refractivity contribution in [3.8, 4) is 16.8 Å². The second kappa shape index (κ2) is 13.0. The Kier molecular flexibility index (Phi) is 7.45. The molecule has 6 heteroatoms. The van der Waals surface area contributed by atoms with E-state index >= 15 is 0 Å². The Morgan fingerprint density at radius 3 is 1.82 bits per heavy atom. The van der Waals surface area contributed by atoms with Crippen molar-refractivity contribution in [3.05, 3.63) is 199 Å². The Bertz CT molecular complexity index is 3320. The van der Waals surface area contributed by atoms with Gasteiger partial charge in [-0.15, -0.1) is 22.7 Å². The van der Waals surface area contributed by atoms with Crippen molar-refractivity contribution < 1.29 is 0 Å². The summed E-state index contributed by atoms with van der Waals surface area (Å²) in [5, 5.41) is 15.4. The molecule has 0 aliphatic carbocycles. The number of para-hydroxylation sites is 2. The molecule has 0 fully saturated rings. The Labute approximate surface area is 337 Å². The topological polar surface area (TPSA) is 41.4 Å².